The summed E-state index contributed by atoms with van der Waals surface area (Å²) in [6.07, 6.45) is 6.82. The van der Waals surface area contributed by atoms with Crippen molar-refractivity contribution < 1.29 is 38.5 Å². The molecule has 0 saturated carbocycles. The summed E-state index contributed by atoms with van der Waals surface area (Å²) in [5.41, 5.74) is 1.85. The summed E-state index contributed by atoms with van der Waals surface area (Å²) in [5.74, 6) is -3.69. The van der Waals surface area contributed by atoms with Gasteiger partial charge in [-0.15, -0.1) is 0 Å². The van der Waals surface area contributed by atoms with E-state index in [1.54, 1.807) is 28.0 Å². The van der Waals surface area contributed by atoms with Crippen molar-refractivity contribution in [2.24, 2.45) is 11.8 Å². The van der Waals surface area contributed by atoms with Crippen molar-refractivity contribution in [3.05, 3.63) is 89.5 Å². The number of amides is 3. The van der Waals surface area contributed by atoms with Gasteiger partial charge in [0.05, 0.1) is 24.7 Å². The monoisotopic (exact) mass is 671 g/mol. The number of aliphatic hydroxyl groups excluding tert-OH is 1. The number of anilines is 1. The summed E-state index contributed by atoms with van der Waals surface area (Å²) in [5, 5.41) is 12.5. The number of rotatable bonds is 8. The molecule has 2 fully saturated rings. The van der Waals surface area contributed by atoms with Gasteiger partial charge in [0, 0.05) is 38.9 Å². The van der Waals surface area contributed by atoms with Crippen LogP contribution >= 0.6 is 0 Å². The Morgan fingerprint density at radius 2 is 1.82 bits per heavy atom. The lowest BCUT2D eigenvalue weighted by Crippen LogP contribution is -2.55. The molecule has 2 aromatic rings. The molecular formula is C38H45N3O8. The molecule has 4 aliphatic heterocycles. The van der Waals surface area contributed by atoms with E-state index in [4.69, 9.17) is 14.2 Å². The van der Waals surface area contributed by atoms with E-state index >= 15 is 0 Å². The van der Waals surface area contributed by atoms with Gasteiger partial charge in [-0.3, -0.25) is 19.2 Å². The van der Waals surface area contributed by atoms with E-state index in [0.717, 1.165) is 16.8 Å². The maximum atomic E-state index is 14.8. The average Bonchev–Trinajstić information content (AvgIpc) is 3.47. The van der Waals surface area contributed by atoms with E-state index in [-0.39, 0.29) is 50.4 Å². The number of carbonyl (C=O) groups excluding carboxylic acids is 4. The number of nitrogens with one attached hydrogen (secondary N) is 1. The molecule has 260 valence electrons. The lowest BCUT2D eigenvalue weighted by molar-refractivity contribution is -0.162. The lowest BCUT2D eigenvalue weighted by atomic mass is 9.77. The zero-order valence-electron chi connectivity index (χ0n) is 28.2. The highest BCUT2D eigenvalue weighted by atomic mass is 16.6. The second-order valence-corrected chi connectivity index (χ2v) is 13.3. The molecule has 7 atom stereocenters. The van der Waals surface area contributed by atoms with Gasteiger partial charge in [-0.1, -0.05) is 66.8 Å². The van der Waals surface area contributed by atoms with Crippen molar-refractivity contribution in [1.29, 1.82) is 0 Å². The van der Waals surface area contributed by atoms with E-state index in [1.165, 1.54) is 7.11 Å². The van der Waals surface area contributed by atoms with Gasteiger partial charge in [0.2, 0.25) is 11.8 Å². The Labute approximate surface area is 286 Å². The Balaban J connectivity index is 1.45. The minimum Gasteiger partial charge on any atom is -0.455 e. The number of hydrogen-bond donors (Lipinski definition) is 2. The van der Waals surface area contributed by atoms with Crippen molar-refractivity contribution in [1.82, 2.24) is 10.2 Å². The number of benzene rings is 2. The molecule has 0 aliphatic carbocycles. The van der Waals surface area contributed by atoms with E-state index < -0.39 is 47.7 Å². The molecule has 11 heteroatoms. The number of aliphatic hydroxyl groups is 1. The van der Waals surface area contributed by atoms with E-state index in [1.807, 2.05) is 68.5 Å². The summed E-state index contributed by atoms with van der Waals surface area (Å²) in [6, 6.07) is 13.3. The molecule has 3 amide bonds. The summed E-state index contributed by atoms with van der Waals surface area (Å²) in [7, 11) is 1.51. The summed E-state index contributed by atoms with van der Waals surface area (Å²) in [6.45, 7) is 4.40. The molecule has 4 heterocycles. The third-order valence-corrected chi connectivity index (χ3v) is 10.0. The van der Waals surface area contributed by atoms with Gasteiger partial charge >= 0.3 is 5.97 Å². The molecule has 0 unspecified atom stereocenters. The predicted molar refractivity (Wildman–Crippen MR) is 181 cm³/mol. The van der Waals surface area contributed by atoms with Gasteiger partial charge < -0.3 is 34.4 Å². The van der Waals surface area contributed by atoms with Gasteiger partial charge in [-0.2, -0.15) is 0 Å². The van der Waals surface area contributed by atoms with E-state index in [0.29, 0.717) is 24.8 Å². The average molecular weight is 672 g/mol. The molecular weight excluding hydrogens is 626 g/mol. The fourth-order valence-electron chi connectivity index (χ4n) is 7.75. The molecule has 49 heavy (non-hydrogen) atoms. The molecule has 2 N–H and O–H groups in total. The zero-order valence-corrected chi connectivity index (χ0v) is 28.2. The van der Waals surface area contributed by atoms with Crippen LogP contribution in [0.4, 0.5) is 5.69 Å². The number of ether oxygens (including phenoxy) is 3. The van der Waals surface area contributed by atoms with Crippen molar-refractivity contribution in [3.63, 3.8) is 0 Å². The molecule has 0 radical (unpaired) electrons. The van der Waals surface area contributed by atoms with E-state index in [2.05, 4.69) is 5.32 Å². The SMILES string of the molecule is COC[C@@H]1NC(=O)CC/C=C\[C@@H]2O[C@@]34C=CCN(c5cc(C)ccc5C)C(=O)[C@@H]3N(CCCCO)C(=O)[C@H]4[C@@H]2C(=O)O[C@H]1c1ccccc1. The molecule has 1 spiro atoms. The van der Waals surface area contributed by atoms with Crippen LogP contribution in [0.1, 0.15) is 48.5 Å². The minimum absolute atomic E-state index is 0.0535. The van der Waals surface area contributed by atoms with Crippen molar-refractivity contribution in [2.45, 2.75) is 69.4 Å². The van der Waals surface area contributed by atoms with Crippen LogP contribution in [0, 0.1) is 25.7 Å². The first kappa shape index (κ1) is 34.5. The minimum atomic E-state index is -1.46. The normalized spacial score (nSPS) is 30.8. The first-order chi connectivity index (χ1) is 23.7. The van der Waals surface area contributed by atoms with Crippen molar-refractivity contribution in [2.75, 3.05) is 38.3 Å². The summed E-state index contributed by atoms with van der Waals surface area (Å²) < 4.78 is 18.6. The number of aryl methyl sites for hydroxylation is 2. The third kappa shape index (κ3) is 6.54. The number of fused-ring (bicyclic) bond motifs is 2. The maximum Gasteiger partial charge on any atom is 0.313 e. The van der Waals surface area contributed by atoms with Gasteiger partial charge in [-0.25, -0.2) is 0 Å². The van der Waals surface area contributed by atoms with E-state index in [9.17, 15) is 24.3 Å². The molecule has 0 aromatic heterocycles. The Morgan fingerprint density at radius 1 is 1.02 bits per heavy atom. The van der Waals surface area contributed by atoms with Crippen LogP contribution in [0.3, 0.4) is 0 Å². The Morgan fingerprint density at radius 3 is 2.57 bits per heavy atom. The number of hydrogen-bond acceptors (Lipinski definition) is 8. The quantitative estimate of drug-likeness (QED) is 0.248. The van der Waals surface area contributed by atoms with Crippen molar-refractivity contribution in [3.8, 4) is 0 Å². The highest BCUT2D eigenvalue weighted by molar-refractivity contribution is 6.06. The zero-order chi connectivity index (χ0) is 34.7. The summed E-state index contributed by atoms with van der Waals surface area (Å²) >= 11 is 0. The molecule has 4 aliphatic rings. The van der Waals surface area contributed by atoms with Crippen LogP contribution in [-0.4, -0.2) is 90.9 Å². The Kier molecular flexibility index (Phi) is 10.3. The standard InChI is InChI=1S/C38H45N3O8/c1-24-16-17-25(2)28(22-24)40-20-11-18-38-32(35(44)41(19-9-10-21-42)34(38)36(40)45)31-29(49-38)14-7-8-15-30(43)39-27(23-47-3)33(48-37(31)46)26-12-5-4-6-13-26/h4-7,11-14,16-18,22,27,29,31-34,42H,8-10,15,19-21,23H2,1-3H3,(H,39,43)/b14-7-/t27-,29-,31+,32+,33-,34-,38+/m0/s1. The number of unbranched alkanes of at least 4 members (excludes halogenated alkanes) is 1. The van der Waals surface area contributed by atoms with Gasteiger partial charge in [0.25, 0.3) is 5.91 Å². The fraction of sp³-hybridized carbons (Fsp3) is 0.474. The number of allylic oxidation sites excluding steroid dienone is 1. The Hall–Kier alpha value is -4.32. The van der Waals surface area contributed by atoms with Gasteiger partial charge in [0.15, 0.2) is 0 Å². The molecule has 0 bridgehead atoms. The number of carbonyl (C=O) groups is 4. The third-order valence-electron chi connectivity index (χ3n) is 10.0. The number of cyclic esters (lactones) is 1. The lowest BCUT2D eigenvalue weighted by Gasteiger charge is -2.35. The van der Waals surface area contributed by atoms with Crippen LogP contribution in [0.15, 0.2) is 72.8 Å². The van der Waals surface area contributed by atoms with Gasteiger partial charge in [0.1, 0.15) is 23.7 Å². The molecule has 2 aromatic carbocycles. The van der Waals surface area contributed by atoms with Crippen LogP contribution in [0.5, 0.6) is 0 Å². The van der Waals surface area contributed by atoms with Crippen LogP contribution in [0.2, 0.25) is 0 Å². The number of esters is 1. The van der Waals surface area contributed by atoms with Crippen LogP contribution < -0.4 is 10.2 Å². The largest absolute Gasteiger partial charge is 0.455 e. The second kappa shape index (κ2) is 14.7. The highest BCUT2D eigenvalue weighted by Crippen LogP contribution is 2.53. The first-order valence-corrected chi connectivity index (χ1v) is 17.1. The van der Waals surface area contributed by atoms with Crippen molar-refractivity contribution >= 4 is 29.4 Å². The predicted octanol–water partition coefficient (Wildman–Crippen LogP) is 3.33. The molecule has 11 nitrogen and oxygen atoms in total. The molecule has 6 rings (SSSR count). The van der Waals surface area contributed by atoms with Gasteiger partial charge in [-0.05, 0) is 55.9 Å². The fourth-order valence-corrected chi connectivity index (χ4v) is 7.75. The number of nitrogens with zero attached hydrogens (tertiary/aromatic N) is 2. The highest BCUT2D eigenvalue weighted by Gasteiger charge is 2.71. The summed E-state index contributed by atoms with van der Waals surface area (Å²) in [4.78, 5) is 60.3. The smallest absolute Gasteiger partial charge is 0.313 e. The maximum absolute atomic E-state index is 14.8. The second-order valence-electron chi connectivity index (χ2n) is 13.3. The first-order valence-electron chi connectivity index (χ1n) is 17.1. The topological polar surface area (TPSA) is 135 Å². The number of likely N-dealkylation sites (tertiary alicyclic amines) is 1. The molecule has 2 saturated heterocycles. The van der Waals surface area contributed by atoms with Crippen LogP contribution in [0.25, 0.3) is 0 Å². The number of methoxy groups -OCH3 is 1. The Bertz CT molecular complexity index is 1630. The van der Waals surface area contributed by atoms with Crippen LogP contribution in [-0.2, 0) is 33.4 Å².